The largest absolute Gasteiger partial charge is 0.320 e. The molecule has 0 aromatic rings. The fourth-order valence-corrected chi connectivity index (χ4v) is 2.90. The summed E-state index contributed by atoms with van der Waals surface area (Å²) in [5, 5.41) is 2.82. The Hall–Kier alpha value is -0.290. The van der Waals surface area contributed by atoms with E-state index in [2.05, 4.69) is 36.9 Å². The van der Waals surface area contributed by atoms with Gasteiger partial charge in [0.25, 0.3) is 6.57 Å². The number of hydrogen-bond acceptors (Lipinski definition) is 2. The van der Waals surface area contributed by atoms with Crippen molar-refractivity contribution in [3.05, 3.63) is 10.4 Å². The second-order valence-electron chi connectivity index (χ2n) is 3.58. The van der Waals surface area contributed by atoms with Gasteiger partial charge in [-0.3, -0.25) is 0 Å². The van der Waals surface area contributed by atoms with Crippen LogP contribution in [0.5, 0.6) is 0 Å². The van der Waals surface area contributed by atoms with Gasteiger partial charge in [-0.1, -0.05) is 25.6 Å². The van der Waals surface area contributed by atoms with Crippen LogP contribution in [-0.2, 0) is 0 Å². The molecular weight excluding hydrogens is 210 g/mol. The van der Waals surface area contributed by atoms with Crippen molar-refractivity contribution in [1.29, 1.82) is 0 Å². The van der Waals surface area contributed by atoms with Crippen LogP contribution in [0, 0.1) is 12.5 Å². The van der Waals surface area contributed by atoms with E-state index >= 15 is 0 Å². The Kier molecular flexibility index (Phi) is 6.11. The topological polar surface area (TPSA) is 4.36 Å². The molecule has 0 aliphatic carbocycles. The fourth-order valence-electron chi connectivity index (χ4n) is 1.55. The average molecular weight is 228 g/mol. The summed E-state index contributed by atoms with van der Waals surface area (Å²) in [5.74, 6) is 1.22. The van der Waals surface area contributed by atoms with Crippen molar-refractivity contribution in [3.63, 3.8) is 0 Å². The van der Waals surface area contributed by atoms with Crippen LogP contribution >= 0.6 is 24.0 Å². The first-order valence-corrected chi connectivity index (χ1v) is 6.54. The summed E-state index contributed by atoms with van der Waals surface area (Å²) in [6.07, 6.45) is 2.92. The van der Waals surface area contributed by atoms with E-state index in [-0.39, 0.29) is 5.54 Å². The molecule has 1 atom stereocenters. The maximum atomic E-state index is 5.55. The molecule has 0 bridgehead atoms. The van der Waals surface area contributed by atoms with Crippen molar-refractivity contribution in [2.45, 2.75) is 32.7 Å². The summed E-state index contributed by atoms with van der Waals surface area (Å²) < 4.78 is 0. The number of nitrogens with zero attached hydrogens (tertiary/aromatic N) is 1. The van der Waals surface area contributed by atoms with Gasteiger partial charge in [-0.25, -0.2) is 0 Å². The molecular formula is C11H18NS2+. The molecule has 0 aliphatic heterocycles. The molecule has 14 heavy (non-hydrogen) atoms. The Balaban J connectivity index is 5.25. The SMILES string of the molecule is C#[N+][C@](CSC)(C(=C=S)CC)C(C)C. The van der Waals surface area contributed by atoms with Crippen LogP contribution in [0.15, 0.2) is 5.57 Å². The van der Waals surface area contributed by atoms with E-state index in [9.17, 15) is 0 Å². The molecule has 0 spiro atoms. The molecule has 1 nitrogen and oxygen atoms in total. The summed E-state index contributed by atoms with van der Waals surface area (Å²) in [7, 11) is 0. The van der Waals surface area contributed by atoms with Crippen LogP contribution < -0.4 is 0 Å². The zero-order chi connectivity index (χ0) is 11.2. The summed E-state index contributed by atoms with van der Waals surface area (Å²) in [4.78, 5) is 4.06. The highest BCUT2D eigenvalue weighted by Crippen LogP contribution is 2.33. The van der Waals surface area contributed by atoms with Gasteiger partial charge in [-0.2, -0.15) is 11.8 Å². The van der Waals surface area contributed by atoms with Gasteiger partial charge >= 0.3 is 5.54 Å². The van der Waals surface area contributed by atoms with Gasteiger partial charge in [-0.05, 0) is 29.9 Å². The molecule has 0 aromatic heterocycles. The summed E-state index contributed by atoms with van der Waals surface area (Å²) in [6.45, 7) is 11.9. The number of rotatable bonds is 5. The molecule has 0 fully saturated rings. The Bertz CT molecular complexity index is 272. The molecule has 0 aliphatic rings. The minimum absolute atomic E-state index is 0.323. The van der Waals surface area contributed by atoms with Crippen molar-refractivity contribution >= 4 is 29.0 Å². The molecule has 0 aromatic carbocycles. The Morgan fingerprint density at radius 3 is 2.43 bits per heavy atom. The number of thioether (sulfide) groups is 1. The van der Waals surface area contributed by atoms with Gasteiger partial charge in [-0.15, -0.1) is 0 Å². The second kappa shape index (κ2) is 6.24. The molecule has 0 saturated carbocycles. The first kappa shape index (κ1) is 13.7. The molecule has 0 N–H and O–H groups in total. The molecule has 0 rings (SSSR count). The van der Waals surface area contributed by atoms with E-state index in [0.717, 1.165) is 17.7 Å². The van der Waals surface area contributed by atoms with Crippen molar-refractivity contribution in [3.8, 4) is 6.57 Å². The summed E-state index contributed by atoms with van der Waals surface area (Å²) >= 11 is 6.65. The molecule has 0 amide bonds. The maximum Gasteiger partial charge on any atom is 0.320 e. The van der Waals surface area contributed by atoms with E-state index in [1.165, 1.54) is 0 Å². The van der Waals surface area contributed by atoms with Gasteiger partial charge in [0.05, 0.1) is 11.3 Å². The van der Waals surface area contributed by atoms with Crippen molar-refractivity contribution in [1.82, 2.24) is 0 Å². The zero-order valence-corrected chi connectivity index (χ0v) is 11.0. The normalized spacial score (nSPS) is 14.3. The average Bonchev–Trinajstić information content (AvgIpc) is 2.17. The highest BCUT2D eigenvalue weighted by Gasteiger charge is 2.47. The Morgan fingerprint density at radius 1 is 1.64 bits per heavy atom. The predicted octanol–water partition coefficient (Wildman–Crippen LogP) is 3.64. The third kappa shape index (κ3) is 2.60. The molecule has 0 saturated heterocycles. The van der Waals surface area contributed by atoms with Crippen molar-refractivity contribution in [2.24, 2.45) is 5.92 Å². The fraction of sp³-hybridized carbons (Fsp3) is 0.727. The van der Waals surface area contributed by atoms with E-state index in [1.807, 2.05) is 0 Å². The lowest BCUT2D eigenvalue weighted by atomic mass is 9.81. The van der Waals surface area contributed by atoms with E-state index in [0.29, 0.717) is 5.92 Å². The Labute approximate surface area is 96.8 Å². The van der Waals surface area contributed by atoms with Gasteiger partial charge in [0.15, 0.2) is 0 Å². The molecule has 0 unspecified atom stereocenters. The standard InChI is InChI=1S/C11H18NS2/c1-6-10(7-13)11(12-4,8-14-5)9(2)3/h4,9H,6,8H2,1-3,5H3/q+1/t11-/m0/s1. The minimum Gasteiger partial charge on any atom is -0.156 e. The van der Waals surface area contributed by atoms with E-state index in [1.54, 1.807) is 11.8 Å². The third-order valence-electron chi connectivity index (χ3n) is 2.55. The van der Waals surface area contributed by atoms with Crippen LogP contribution in [0.1, 0.15) is 27.2 Å². The molecule has 0 heterocycles. The molecule has 0 radical (unpaired) electrons. The monoisotopic (exact) mass is 228 g/mol. The van der Waals surface area contributed by atoms with Crippen LogP contribution in [0.25, 0.3) is 4.85 Å². The third-order valence-corrected chi connectivity index (χ3v) is 3.52. The van der Waals surface area contributed by atoms with Gasteiger partial charge in [0.2, 0.25) is 0 Å². The summed E-state index contributed by atoms with van der Waals surface area (Å²) in [5.41, 5.74) is 0.718. The quantitative estimate of drug-likeness (QED) is 0.662. The first-order valence-electron chi connectivity index (χ1n) is 4.74. The van der Waals surface area contributed by atoms with Crippen molar-refractivity contribution in [2.75, 3.05) is 12.0 Å². The molecule has 78 valence electrons. The lowest BCUT2D eigenvalue weighted by Crippen LogP contribution is -2.36. The minimum atomic E-state index is -0.323. The van der Waals surface area contributed by atoms with Crippen molar-refractivity contribution < 1.29 is 0 Å². The Morgan fingerprint density at radius 2 is 2.21 bits per heavy atom. The first-order chi connectivity index (χ1) is 6.58. The molecule has 3 heteroatoms. The smallest absolute Gasteiger partial charge is 0.156 e. The van der Waals surface area contributed by atoms with Gasteiger partial charge in [0, 0.05) is 5.92 Å². The lowest BCUT2D eigenvalue weighted by Gasteiger charge is -2.21. The summed E-state index contributed by atoms with van der Waals surface area (Å²) in [6, 6.07) is 0. The lowest BCUT2D eigenvalue weighted by molar-refractivity contribution is 0.463. The van der Waals surface area contributed by atoms with Crippen LogP contribution in [0.4, 0.5) is 0 Å². The number of thiocarbonyl (C=S) groups is 1. The zero-order valence-electron chi connectivity index (χ0n) is 9.33. The number of hydrogen-bond donors (Lipinski definition) is 0. The van der Waals surface area contributed by atoms with Crippen LogP contribution in [0.2, 0.25) is 0 Å². The van der Waals surface area contributed by atoms with Gasteiger partial charge < -0.3 is 0 Å². The highest BCUT2D eigenvalue weighted by molar-refractivity contribution is 7.98. The van der Waals surface area contributed by atoms with E-state index in [4.69, 9.17) is 18.8 Å². The van der Waals surface area contributed by atoms with Crippen LogP contribution in [0.3, 0.4) is 0 Å². The van der Waals surface area contributed by atoms with Crippen LogP contribution in [-0.4, -0.2) is 22.6 Å². The predicted molar refractivity (Wildman–Crippen MR) is 70.7 cm³/mol. The van der Waals surface area contributed by atoms with E-state index < -0.39 is 0 Å². The second-order valence-corrected chi connectivity index (χ2v) is 4.65. The highest BCUT2D eigenvalue weighted by atomic mass is 32.2. The maximum absolute atomic E-state index is 5.55. The van der Waals surface area contributed by atoms with Gasteiger partial charge in [0.1, 0.15) is 0 Å².